The Morgan fingerprint density at radius 3 is 2.74 bits per heavy atom. The van der Waals surface area contributed by atoms with Crippen molar-refractivity contribution in [2.24, 2.45) is 5.92 Å². The Kier molecular flexibility index (Phi) is 5.29. The Morgan fingerprint density at radius 2 is 2.05 bits per heavy atom. The molecule has 1 aromatic rings. The zero-order chi connectivity index (χ0) is 13.7. The molecule has 0 radical (unpaired) electrons. The molecule has 1 aliphatic rings. The normalized spacial score (nSPS) is 17.1. The van der Waals surface area contributed by atoms with E-state index in [9.17, 15) is 0 Å². The van der Waals surface area contributed by atoms with Crippen LogP contribution < -0.4 is 5.32 Å². The third kappa shape index (κ3) is 4.55. The summed E-state index contributed by atoms with van der Waals surface area (Å²) in [6.07, 6.45) is 11.5. The van der Waals surface area contributed by atoms with E-state index in [0.717, 1.165) is 24.1 Å². The number of hydrogen-bond acceptors (Lipinski definition) is 2. The van der Waals surface area contributed by atoms with Gasteiger partial charge >= 0.3 is 0 Å². The summed E-state index contributed by atoms with van der Waals surface area (Å²) < 4.78 is 2.31. The Balaban J connectivity index is 1.91. The molecule has 108 valence electrons. The molecule has 0 aliphatic heterocycles. The standard InChI is InChI=1S/C16H29N3/c1-13(2)8-7-11-19-12-14(3)17-16(19)18-15-9-5-4-6-10-15/h12-13,15H,4-11H2,1-3H3,(H,17,18). The Bertz CT molecular complexity index is 375. The second-order valence-corrected chi connectivity index (χ2v) is 6.41. The summed E-state index contributed by atoms with van der Waals surface area (Å²) in [6.45, 7) is 7.76. The lowest BCUT2D eigenvalue weighted by molar-refractivity contribution is 0.456. The quantitative estimate of drug-likeness (QED) is 0.825. The largest absolute Gasteiger partial charge is 0.353 e. The fourth-order valence-corrected chi connectivity index (χ4v) is 2.93. The van der Waals surface area contributed by atoms with Gasteiger partial charge in [-0.05, 0) is 38.5 Å². The molecule has 0 aromatic carbocycles. The van der Waals surface area contributed by atoms with Crippen LogP contribution in [0, 0.1) is 12.8 Å². The van der Waals surface area contributed by atoms with E-state index >= 15 is 0 Å². The number of imidazole rings is 1. The molecule has 0 bridgehead atoms. The molecule has 3 heteroatoms. The van der Waals surface area contributed by atoms with E-state index in [-0.39, 0.29) is 0 Å². The maximum Gasteiger partial charge on any atom is 0.203 e. The topological polar surface area (TPSA) is 29.9 Å². The van der Waals surface area contributed by atoms with Crippen LogP contribution in [-0.4, -0.2) is 15.6 Å². The lowest BCUT2D eigenvalue weighted by Gasteiger charge is -2.23. The first kappa shape index (κ1) is 14.4. The van der Waals surface area contributed by atoms with Crippen molar-refractivity contribution in [3.05, 3.63) is 11.9 Å². The number of hydrogen-bond donors (Lipinski definition) is 1. The van der Waals surface area contributed by atoms with Crippen molar-refractivity contribution >= 4 is 5.95 Å². The van der Waals surface area contributed by atoms with Crippen LogP contribution in [0.5, 0.6) is 0 Å². The first-order chi connectivity index (χ1) is 9.15. The molecule has 2 rings (SSSR count). The van der Waals surface area contributed by atoms with Crippen LogP contribution in [-0.2, 0) is 6.54 Å². The van der Waals surface area contributed by atoms with Gasteiger partial charge in [0.25, 0.3) is 0 Å². The van der Waals surface area contributed by atoms with Crippen molar-refractivity contribution in [1.82, 2.24) is 9.55 Å². The van der Waals surface area contributed by atoms with Gasteiger partial charge in [0.2, 0.25) is 5.95 Å². The summed E-state index contributed by atoms with van der Waals surface area (Å²) in [5.41, 5.74) is 1.13. The van der Waals surface area contributed by atoms with Gasteiger partial charge in [-0.3, -0.25) is 0 Å². The molecule has 1 aromatic heterocycles. The van der Waals surface area contributed by atoms with Crippen molar-refractivity contribution in [1.29, 1.82) is 0 Å². The summed E-state index contributed by atoms with van der Waals surface area (Å²) in [6, 6.07) is 0.638. The lowest BCUT2D eigenvalue weighted by Crippen LogP contribution is -2.24. The molecular weight excluding hydrogens is 234 g/mol. The molecule has 1 aliphatic carbocycles. The highest BCUT2D eigenvalue weighted by Crippen LogP contribution is 2.22. The SMILES string of the molecule is Cc1cn(CCCC(C)C)c(NC2CCCCC2)n1. The summed E-state index contributed by atoms with van der Waals surface area (Å²) in [7, 11) is 0. The Labute approximate surface area is 117 Å². The fourth-order valence-electron chi connectivity index (χ4n) is 2.93. The molecule has 1 heterocycles. The maximum absolute atomic E-state index is 4.65. The van der Waals surface area contributed by atoms with E-state index in [2.05, 4.69) is 41.8 Å². The molecule has 0 spiro atoms. The molecule has 1 fully saturated rings. The fraction of sp³-hybridized carbons (Fsp3) is 0.812. The molecule has 1 saturated carbocycles. The van der Waals surface area contributed by atoms with Gasteiger partial charge in [-0.2, -0.15) is 0 Å². The second-order valence-electron chi connectivity index (χ2n) is 6.41. The number of aromatic nitrogens is 2. The van der Waals surface area contributed by atoms with E-state index in [4.69, 9.17) is 0 Å². The van der Waals surface area contributed by atoms with Gasteiger partial charge < -0.3 is 9.88 Å². The number of anilines is 1. The van der Waals surface area contributed by atoms with E-state index in [0.29, 0.717) is 6.04 Å². The van der Waals surface area contributed by atoms with Crippen LogP contribution in [0.2, 0.25) is 0 Å². The Hall–Kier alpha value is -0.990. The van der Waals surface area contributed by atoms with Crippen LogP contribution in [0.1, 0.15) is 64.5 Å². The molecule has 0 atom stereocenters. The third-order valence-corrected chi connectivity index (χ3v) is 4.02. The summed E-state index contributed by atoms with van der Waals surface area (Å²) in [4.78, 5) is 4.65. The molecule has 19 heavy (non-hydrogen) atoms. The molecule has 0 amide bonds. The van der Waals surface area contributed by atoms with Crippen molar-refractivity contribution in [2.45, 2.75) is 78.3 Å². The smallest absolute Gasteiger partial charge is 0.203 e. The van der Waals surface area contributed by atoms with Gasteiger partial charge in [0, 0.05) is 18.8 Å². The lowest BCUT2D eigenvalue weighted by atomic mass is 9.96. The average molecular weight is 263 g/mol. The summed E-state index contributed by atoms with van der Waals surface area (Å²) in [5.74, 6) is 1.88. The van der Waals surface area contributed by atoms with Crippen LogP contribution in [0.3, 0.4) is 0 Å². The minimum absolute atomic E-state index is 0.638. The van der Waals surface area contributed by atoms with E-state index in [1.807, 2.05) is 0 Å². The maximum atomic E-state index is 4.65. The summed E-state index contributed by atoms with van der Waals surface area (Å²) >= 11 is 0. The van der Waals surface area contributed by atoms with Gasteiger partial charge in [0.1, 0.15) is 0 Å². The van der Waals surface area contributed by atoms with Crippen molar-refractivity contribution in [3.8, 4) is 0 Å². The summed E-state index contributed by atoms with van der Waals surface area (Å²) in [5, 5.41) is 3.66. The van der Waals surface area contributed by atoms with Gasteiger partial charge in [-0.25, -0.2) is 4.98 Å². The van der Waals surface area contributed by atoms with Crippen molar-refractivity contribution in [3.63, 3.8) is 0 Å². The highest BCUT2D eigenvalue weighted by atomic mass is 15.2. The van der Waals surface area contributed by atoms with E-state index in [1.165, 1.54) is 44.9 Å². The van der Waals surface area contributed by atoms with Crippen LogP contribution in [0.4, 0.5) is 5.95 Å². The van der Waals surface area contributed by atoms with Crippen molar-refractivity contribution < 1.29 is 0 Å². The number of nitrogens with one attached hydrogen (secondary N) is 1. The number of aryl methyl sites for hydroxylation is 2. The minimum Gasteiger partial charge on any atom is -0.353 e. The number of nitrogens with zero attached hydrogens (tertiary/aromatic N) is 2. The van der Waals surface area contributed by atoms with Gasteiger partial charge in [0.15, 0.2) is 0 Å². The third-order valence-electron chi connectivity index (χ3n) is 4.02. The first-order valence-corrected chi connectivity index (χ1v) is 7.95. The predicted molar refractivity (Wildman–Crippen MR) is 81.5 cm³/mol. The van der Waals surface area contributed by atoms with Crippen LogP contribution in [0.25, 0.3) is 0 Å². The zero-order valence-corrected chi connectivity index (χ0v) is 12.8. The van der Waals surface area contributed by atoms with Gasteiger partial charge in [0.05, 0.1) is 5.69 Å². The number of rotatable bonds is 6. The van der Waals surface area contributed by atoms with Crippen molar-refractivity contribution in [2.75, 3.05) is 5.32 Å². The molecule has 0 unspecified atom stereocenters. The monoisotopic (exact) mass is 263 g/mol. The van der Waals surface area contributed by atoms with E-state index in [1.54, 1.807) is 0 Å². The average Bonchev–Trinajstić information content (AvgIpc) is 2.70. The predicted octanol–water partition coefficient (Wildman–Crippen LogP) is 4.37. The second kappa shape index (κ2) is 6.97. The van der Waals surface area contributed by atoms with E-state index < -0.39 is 0 Å². The van der Waals surface area contributed by atoms with Gasteiger partial charge in [-0.15, -0.1) is 0 Å². The molecule has 1 N–H and O–H groups in total. The van der Waals surface area contributed by atoms with Crippen LogP contribution >= 0.6 is 0 Å². The highest BCUT2D eigenvalue weighted by molar-refractivity contribution is 5.30. The highest BCUT2D eigenvalue weighted by Gasteiger charge is 2.15. The van der Waals surface area contributed by atoms with Crippen LogP contribution in [0.15, 0.2) is 6.20 Å². The zero-order valence-electron chi connectivity index (χ0n) is 12.8. The minimum atomic E-state index is 0.638. The molecule has 0 saturated heterocycles. The van der Waals surface area contributed by atoms with Gasteiger partial charge in [-0.1, -0.05) is 33.1 Å². The molecular formula is C16H29N3. The Morgan fingerprint density at radius 1 is 1.32 bits per heavy atom. The first-order valence-electron chi connectivity index (χ1n) is 7.95. The molecule has 3 nitrogen and oxygen atoms in total.